The molecule has 2 nitrogen and oxygen atoms in total. The Bertz CT molecular complexity index is 388. The second-order valence-corrected chi connectivity index (χ2v) is 5.65. The van der Waals surface area contributed by atoms with Gasteiger partial charge in [-0.3, -0.25) is 4.90 Å². The smallest absolute Gasteiger partial charge is 0.0372 e. The second kappa shape index (κ2) is 5.85. The van der Waals surface area contributed by atoms with Gasteiger partial charge >= 0.3 is 0 Å². The first-order valence-electron chi connectivity index (χ1n) is 7.20. The van der Waals surface area contributed by atoms with Crippen molar-refractivity contribution in [2.75, 3.05) is 20.1 Å². The van der Waals surface area contributed by atoms with Gasteiger partial charge in [0, 0.05) is 12.1 Å². The molecule has 1 aliphatic carbocycles. The lowest BCUT2D eigenvalue weighted by atomic mass is 9.77. The number of fused-ring (bicyclic) bond motifs is 1. The van der Waals surface area contributed by atoms with Gasteiger partial charge in [-0.1, -0.05) is 37.6 Å². The Balaban J connectivity index is 2.15. The summed E-state index contributed by atoms with van der Waals surface area (Å²) in [5.41, 5.74) is 9.33. The molecule has 0 radical (unpaired) electrons. The van der Waals surface area contributed by atoms with Gasteiger partial charge in [-0.25, -0.2) is 0 Å². The number of rotatable bonds is 5. The molecule has 18 heavy (non-hydrogen) atoms. The Kier molecular flexibility index (Phi) is 4.41. The molecular formula is C16H26N2. The van der Waals surface area contributed by atoms with E-state index in [0.29, 0.717) is 0 Å². The lowest BCUT2D eigenvalue weighted by Crippen LogP contribution is -2.55. The highest BCUT2D eigenvalue weighted by molar-refractivity contribution is 5.32. The van der Waals surface area contributed by atoms with Gasteiger partial charge in [0.15, 0.2) is 0 Å². The molecule has 0 aromatic heterocycles. The molecule has 1 aliphatic rings. The average Bonchev–Trinajstić information content (AvgIpc) is 2.44. The van der Waals surface area contributed by atoms with Gasteiger partial charge in [0.25, 0.3) is 0 Å². The first kappa shape index (κ1) is 13.6. The number of aryl methyl sites for hydroxylation is 1. The fourth-order valence-electron chi connectivity index (χ4n) is 3.07. The molecule has 0 amide bonds. The van der Waals surface area contributed by atoms with Crippen molar-refractivity contribution in [3.05, 3.63) is 35.4 Å². The van der Waals surface area contributed by atoms with Crippen LogP contribution >= 0.6 is 0 Å². The van der Waals surface area contributed by atoms with Crippen molar-refractivity contribution < 1.29 is 0 Å². The van der Waals surface area contributed by atoms with Crippen LogP contribution in [0.3, 0.4) is 0 Å². The van der Waals surface area contributed by atoms with Crippen molar-refractivity contribution in [3.63, 3.8) is 0 Å². The fraction of sp³-hybridized carbons (Fsp3) is 0.625. The Morgan fingerprint density at radius 2 is 2.00 bits per heavy atom. The summed E-state index contributed by atoms with van der Waals surface area (Å²) in [7, 11) is 2.25. The van der Waals surface area contributed by atoms with Gasteiger partial charge in [-0.15, -0.1) is 0 Å². The van der Waals surface area contributed by atoms with Crippen molar-refractivity contribution >= 4 is 0 Å². The van der Waals surface area contributed by atoms with E-state index in [-0.39, 0.29) is 5.54 Å². The predicted molar refractivity (Wildman–Crippen MR) is 77.8 cm³/mol. The van der Waals surface area contributed by atoms with Crippen molar-refractivity contribution in [2.45, 2.75) is 44.6 Å². The number of hydrogen-bond donors (Lipinski definition) is 1. The van der Waals surface area contributed by atoms with E-state index in [0.717, 1.165) is 19.5 Å². The highest BCUT2D eigenvalue weighted by Crippen LogP contribution is 2.32. The minimum absolute atomic E-state index is 0.184. The van der Waals surface area contributed by atoms with E-state index in [2.05, 4.69) is 43.1 Å². The molecule has 0 bridgehead atoms. The minimum Gasteiger partial charge on any atom is -0.329 e. The highest BCUT2D eigenvalue weighted by Gasteiger charge is 2.36. The summed E-state index contributed by atoms with van der Waals surface area (Å²) in [5, 5.41) is 0. The van der Waals surface area contributed by atoms with E-state index in [1.807, 2.05) is 0 Å². The van der Waals surface area contributed by atoms with E-state index in [9.17, 15) is 0 Å². The third-order valence-corrected chi connectivity index (χ3v) is 4.53. The van der Waals surface area contributed by atoms with Crippen LogP contribution in [0, 0.1) is 0 Å². The molecule has 0 aliphatic heterocycles. The van der Waals surface area contributed by atoms with Crippen LogP contribution in [0.4, 0.5) is 0 Å². The van der Waals surface area contributed by atoms with Crippen LogP contribution in [0.5, 0.6) is 0 Å². The molecule has 2 rings (SSSR count). The van der Waals surface area contributed by atoms with Crippen LogP contribution in [0.1, 0.15) is 37.3 Å². The molecule has 1 atom stereocenters. The normalized spacial score (nSPS) is 23.1. The van der Waals surface area contributed by atoms with Crippen molar-refractivity contribution in [1.29, 1.82) is 0 Å². The Morgan fingerprint density at radius 1 is 1.28 bits per heavy atom. The SMILES string of the molecule is CCCCN(C)C1(CN)CCc2ccccc2C1. The summed E-state index contributed by atoms with van der Waals surface area (Å²) < 4.78 is 0. The maximum Gasteiger partial charge on any atom is 0.0372 e. The van der Waals surface area contributed by atoms with Gasteiger partial charge in [0.1, 0.15) is 0 Å². The molecule has 0 spiro atoms. The summed E-state index contributed by atoms with van der Waals surface area (Å²) in [5.74, 6) is 0. The first-order valence-corrected chi connectivity index (χ1v) is 7.20. The van der Waals surface area contributed by atoms with Gasteiger partial charge in [0.2, 0.25) is 0 Å². The summed E-state index contributed by atoms with van der Waals surface area (Å²) >= 11 is 0. The second-order valence-electron chi connectivity index (χ2n) is 5.65. The summed E-state index contributed by atoms with van der Waals surface area (Å²) in [6.45, 7) is 4.18. The highest BCUT2D eigenvalue weighted by atomic mass is 15.2. The maximum absolute atomic E-state index is 6.13. The van der Waals surface area contributed by atoms with Crippen molar-refractivity contribution in [3.8, 4) is 0 Å². The minimum atomic E-state index is 0.184. The number of hydrogen-bond acceptors (Lipinski definition) is 2. The number of benzene rings is 1. The first-order chi connectivity index (χ1) is 8.72. The Labute approximate surface area is 111 Å². The quantitative estimate of drug-likeness (QED) is 0.865. The molecule has 100 valence electrons. The third-order valence-electron chi connectivity index (χ3n) is 4.53. The zero-order chi connectivity index (χ0) is 13.0. The van der Waals surface area contributed by atoms with E-state index in [1.54, 1.807) is 0 Å². The molecule has 2 N–H and O–H groups in total. The molecule has 1 aromatic rings. The Hall–Kier alpha value is -0.860. The van der Waals surface area contributed by atoms with Gasteiger partial charge in [-0.2, -0.15) is 0 Å². The number of nitrogens with zero attached hydrogens (tertiary/aromatic N) is 1. The van der Waals surface area contributed by atoms with E-state index < -0.39 is 0 Å². The van der Waals surface area contributed by atoms with Crippen molar-refractivity contribution in [1.82, 2.24) is 4.90 Å². The fourth-order valence-corrected chi connectivity index (χ4v) is 3.07. The summed E-state index contributed by atoms with van der Waals surface area (Å²) in [4.78, 5) is 2.51. The van der Waals surface area contributed by atoms with Gasteiger partial charge in [0.05, 0.1) is 0 Å². The monoisotopic (exact) mass is 246 g/mol. The maximum atomic E-state index is 6.13. The van der Waals surface area contributed by atoms with E-state index in [1.165, 1.54) is 36.8 Å². The van der Waals surface area contributed by atoms with Crippen molar-refractivity contribution in [2.24, 2.45) is 5.73 Å². The average molecular weight is 246 g/mol. The number of unbranched alkanes of at least 4 members (excludes halogenated alkanes) is 1. The summed E-state index contributed by atoms with van der Waals surface area (Å²) in [6, 6.07) is 8.83. The zero-order valence-electron chi connectivity index (χ0n) is 11.8. The standard InChI is InChI=1S/C16H26N2/c1-3-4-11-18(2)16(13-17)10-9-14-7-5-6-8-15(14)12-16/h5-8H,3-4,9-13,17H2,1-2H3. The van der Waals surface area contributed by atoms with Gasteiger partial charge in [-0.05, 0) is 50.4 Å². The molecule has 0 heterocycles. The predicted octanol–water partition coefficient (Wildman–Crippen LogP) is 2.60. The lowest BCUT2D eigenvalue weighted by molar-refractivity contribution is 0.107. The molecule has 0 saturated heterocycles. The molecule has 1 unspecified atom stereocenters. The topological polar surface area (TPSA) is 29.3 Å². The van der Waals surface area contributed by atoms with Crippen LogP contribution in [-0.4, -0.2) is 30.6 Å². The molecular weight excluding hydrogens is 220 g/mol. The number of nitrogens with two attached hydrogens (primary N) is 1. The van der Waals surface area contributed by atoms with Crippen LogP contribution in [0.25, 0.3) is 0 Å². The van der Waals surface area contributed by atoms with Crippen LogP contribution in [-0.2, 0) is 12.8 Å². The molecule has 2 heteroatoms. The van der Waals surface area contributed by atoms with E-state index in [4.69, 9.17) is 5.73 Å². The summed E-state index contributed by atoms with van der Waals surface area (Å²) in [6.07, 6.45) is 5.99. The van der Waals surface area contributed by atoms with Gasteiger partial charge < -0.3 is 5.73 Å². The largest absolute Gasteiger partial charge is 0.329 e. The van der Waals surface area contributed by atoms with E-state index >= 15 is 0 Å². The third kappa shape index (κ3) is 2.60. The lowest BCUT2D eigenvalue weighted by Gasteiger charge is -2.44. The molecule has 0 saturated carbocycles. The molecule has 0 fully saturated rings. The van der Waals surface area contributed by atoms with Crippen LogP contribution in [0.2, 0.25) is 0 Å². The van der Waals surface area contributed by atoms with Crippen LogP contribution in [0.15, 0.2) is 24.3 Å². The number of likely N-dealkylation sites (N-methyl/N-ethyl adjacent to an activating group) is 1. The Morgan fingerprint density at radius 3 is 2.67 bits per heavy atom. The van der Waals surface area contributed by atoms with Crippen LogP contribution < -0.4 is 5.73 Å². The zero-order valence-corrected chi connectivity index (χ0v) is 11.8. The molecule has 1 aromatic carbocycles.